The Morgan fingerprint density at radius 3 is 2.50 bits per heavy atom. The molecule has 0 bridgehead atoms. The van der Waals surface area contributed by atoms with Gasteiger partial charge in [-0.05, 0) is 37.3 Å². The number of ether oxygens (including phenoxy) is 1. The molecule has 3 nitrogen and oxygen atoms in total. The van der Waals surface area contributed by atoms with Crippen LogP contribution in [0.1, 0.15) is 6.92 Å². The van der Waals surface area contributed by atoms with Crippen LogP contribution in [0.4, 0.5) is 17.1 Å². The Labute approximate surface area is 115 Å². The molecule has 18 heavy (non-hydrogen) atoms. The Kier molecular flexibility index (Phi) is 4.10. The fraction of sp³-hybridized carbons (Fsp3) is 0.143. The molecule has 0 aliphatic carbocycles. The summed E-state index contributed by atoms with van der Waals surface area (Å²) in [7, 11) is 0. The third kappa shape index (κ3) is 3.40. The molecule has 0 unspecified atom stereocenters. The fourth-order valence-electron chi connectivity index (χ4n) is 1.64. The smallest absolute Gasteiger partial charge is 0.123 e. The summed E-state index contributed by atoms with van der Waals surface area (Å²) in [5.41, 5.74) is 8.44. The minimum atomic E-state index is 0.626. The molecule has 4 heteroatoms. The van der Waals surface area contributed by atoms with E-state index < -0.39 is 0 Å². The van der Waals surface area contributed by atoms with Crippen LogP contribution in [0.3, 0.4) is 0 Å². The Bertz CT molecular complexity index is 526. The number of nitrogens with one attached hydrogen (secondary N) is 1. The van der Waals surface area contributed by atoms with Gasteiger partial charge < -0.3 is 15.8 Å². The highest BCUT2D eigenvalue weighted by Crippen LogP contribution is 2.26. The molecule has 2 aromatic rings. The summed E-state index contributed by atoms with van der Waals surface area (Å²) in [6.07, 6.45) is 0. The van der Waals surface area contributed by atoms with Crippen molar-refractivity contribution in [3.05, 3.63) is 46.9 Å². The first-order chi connectivity index (χ1) is 8.67. The molecule has 2 rings (SSSR count). The zero-order valence-corrected chi connectivity index (χ0v) is 11.7. The van der Waals surface area contributed by atoms with Gasteiger partial charge in [0.15, 0.2) is 0 Å². The van der Waals surface area contributed by atoms with E-state index in [2.05, 4.69) is 21.2 Å². The van der Waals surface area contributed by atoms with Gasteiger partial charge in [0.05, 0.1) is 6.61 Å². The zero-order valence-electron chi connectivity index (χ0n) is 10.1. The van der Waals surface area contributed by atoms with Gasteiger partial charge in [-0.15, -0.1) is 0 Å². The first-order valence-corrected chi connectivity index (χ1v) is 6.52. The molecule has 0 heterocycles. The molecule has 0 fully saturated rings. The summed E-state index contributed by atoms with van der Waals surface area (Å²) in [4.78, 5) is 0. The van der Waals surface area contributed by atoms with Crippen LogP contribution in [0.15, 0.2) is 46.9 Å². The molecular weight excluding hydrogens is 292 g/mol. The Hall–Kier alpha value is -1.68. The maximum Gasteiger partial charge on any atom is 0.123 e. The molecule has 0 aliphatic rings. The molecule has 0 atom stereocenters. The number of hydrogen-bond donors (Lipinski definition) is 2. The topological polar surface area (TPSA) is 47.3 Å². The second kappa shape index (κ2) is 5.78. The summed E-state index contributed by atoms with van der Waals surface area (Å²) in [5, 5.41) is 3.29. The molecule has 0 aliphatic heterocycles. The van der Waals surface area contributed by atoms with E-state index in [1.165, 1.54) is 0 Å². The number of hydrogen-bond acceptors (Lipinski definition) is 3. The first kappa shape index (κ1) is 12.8. The normalized spacial score (nSPS) is 10.1. The average molecular weight is 307 g/mol. The number of nitrogen functional groups attached to an aromatic ring is 1. The van der Waals surface area contributed by atoms with Crippen LogP contribution in [-0.4, -0.2) is 6.61 Å². The van der Waals surface area contributed by atoms with Crippen molar-refractivity contribution in [3.8, 4) is 5.75 Å². The lowest BCUT2D eigenvalue weighted by Crippen LogP contribution is -1.96. The standard InChI is InChI=1S/C14H15BrN2O/c1-2-18-14-8-11(16)7-13(9-14)17-12-5-3-10(15)4-6-12/h3-9,17H,2,16H2,1H3. The lowest BCUT2D eigenvalue weighted by molar-refractivity contribution is 0.340. The number of benzene rings is 2. The lowest BCUT2D eigenvalue weighted by Gasteiger charge is -2.10. The van der Waals surface area contributed by atoms with E-state index in [-0.39, 0.29) is 0 Å². The quantitative estimate of drug-likeness (QED) is 0.833. The number of rotatable bonds is 4. The van der Waals surface area contributed by atoms with Gasteiger partial charge in [-0.3, -0.25) is 0 Å². The highest BCUT2D eigenvalue weighted by molar-refractivity contribution is 9.10. The van der Waals surface area contributed by atoms with Crippen molar-refractivity contribution < 1.29 is 4.74 Å². The predicted molar refractivity (Wildman–Crippen MR) is 79.4 cm³/mol. The first-order valence-electron chi connectivity index (χ1n) is 5.73. The Morgan fingerprint density at radius 2 is 1.83 bits per heavy atom. The molecule has 0 radical (unpaired) electrons. The predicted octanol–water partition coefficient (Wildman–Crippen LogP) is 4.17. The number of halogens is 1. The van der Waals surface area contributed by atoms with Crippen molar-refractivity contribution in [2.75, 3.05) is 17.7 Å². The van der Waals surface area contributed by atoms with E-state index in [0.29, 0.717) is 12.3 Å². The van der Waals surface area contributed by atoms with Crippen LogP contribution in [0.25, 0.3) is 0 Å². The van der Waals surface area contributed by atoms with Crippen molar-refractivity contribution >= 4 is 33.0 Å². The van der Waals surface area contributed by atoms with Crippen molar-refractivity contribution in [1.82, 2.24) is 0 Å². The minimum absolute atomic E-state index is 0.626. The molecular formula is C14H15BrN2O. The van der Waals surface area contributed by atoms with Gasteiger partial charge in [-0.1, -0.05) is 15.9 Å². The van der Waals surface area contributed by atoms with Gasteiger partial charge in [-0.25, -0.2) is 0 Å². The lowest BCUT2D eigenvalue weighted by atomic mass is 10.2. The summed E-state index contributed by atoms with van der Waals surface area (Å²) in [6.45, 7) is 2.58. The molecule has 0 spiro atoms. The van der Waals surface area contributed by atoms with Gasteiger partial charge in [-0.2, -0.15) is 0 Å². The minimum Gasteiger partial charge on any atom is -0.494 e. The van der Waals surface area contributed by atoms with E-state index in [9.17, 15) is 0 Å². The van der Waals surface area contributed by atoms with Crippen LogP contribution >= 0.6 is 15.9 Å². The molecule has 3 N–H and O–H groups in total. The van der Waals surface area contributed by atoms with Crippen molar-refractivity contribution in [1.29, 1.82) is 0 Å². The van der Waals surface area contributed by atoms with Crippen LogP contribution in [-0.2, 0) is 0 Å². The maximum absolute atomic E-state index is 5.84. The van der Waals surface area contributed by atoms with Crippen molar-refractivity contribution in [3.63, 3.8) is 0 Å². The molecule has 0 saturated heterocycles. The highest BCUT2D eigenvalue weighted by atomic mass is 79.9. The fourth-order valence-corrected chi connectivity index (χ4v) is 1.91. The van der Waals surface area contributed by atoms with Crippen molar-refractivity contribution in [2.24, 2.45) is 0 Å². The summed E-state index contributed by atoms with van der Waals surface area (Å²) >= 11 is 3.41. The third-order valence-corrected chi connectivity index (χ3v) is 2.90. The van der Waals surface area contributed by atoms with E-state index in [0.717, 1.165) is 21.6 Å². The van der Waals surface area contributed by atoms with E-state index >= 15 is 0 Å². The van der Waals surface area contributed by atoms with Gasteiger partial charge in [0.25, 0.3) is 0 Å². The Morgan fingerprint density at radius 1 is 1.11 bits per heavy atom. The van der Waals surface area contributed by atoms with E-state index in [1.54, 1.807) is 0 Å². The third-order valence-electron chi connectivity index (χ3n) is 2.37. The molecule has 0 aromatic heterocycles. The average Bonchev–Trinajstić information content (AvgIpc) is 2.32. The molecule has 0 amide bonds. The van der Waals surface area contributed by atoms with E-state index in [4.69, 9.17) is 10.5 Å². The van der Waals surface area contributed by atoms with E-state index in [1.807, 2.05) is 49.4 Å². The second-order valence-corrected chi connectivity index (χ2v) is 4.77. The van der Waals surface area contributed by atoms with Crippen LogP contribution < -0.4 is 15.8 Å². The highest BCUT2D eigenvalue weighted by Gasteiger charge is 2.00. The summed E-state index contributed by atoms with van der Waals surface area (Å²) in [5.74, 6) is 0.775. The Balaban J connectivity index is 2.20. The molecule has 94 valence electrons. The summed E-state index contributed by atoms with van der Waals surface area (Å²) < 4.78 is 6.51. The maximum atomic E-state index is 5.84. The molecule has 0 saturated carbocycles. The summed E-state index contributed by atoms with van der Waals surface area (Å²) in [6, 6.07) is 13.6. The van der Waals surface area contributed by atoms with Crippen molar-refractivity contribution in [2.45, 2.75) is 6.92 Å². The molecule has 2 aromatic carbocycles. The van der Waals surface area contributed by atoms with Gasteiger partial charge in [0, 0.05) is 33.7 Å². The second-order valence-electron chi connectivity index (χ2n) is 3.86. The van der Waals surface area contributed by atoms with Crippen LogP contribution in [0, 0.1) is 0 Å². The van der Waals surface area contributed by atoms with Crippen LogP contribution in [0.2, 0.25) is 0 Å². The largest absolute Gasteiger partial charge is 0.494 e. The number of anilines is 3. The van der Waals surface area contributed by atoms with Gasteiger partial charge in [0.1, 0.15) is 5.75 Å². The SMILES string of the molecule is CCOc1cc(N)cc(Nc2ccc(Br)cc2)c1. The van der Waals surface area contributed by atoms with Crippen LogP contribution in [0.5, 0.6) is 5.75 Å². The van der Waals surface area contributed by atoms with Gasteiger partial charge in [0.2, 0.25) is 0 Å². The monoisotopic (exact) mass is 306 g/mol. The zero-order chi connectivity index (χ0) is 13.0. The van der Waals surface area contributed by atoms with Gasteiger partial charge >= 0.3 is 0 Å². The number of nitrogens with two attached hydrogens (primary N) is 1.